The zero-order valence-electron chi connectivity index (χ0n) is 24.5. The number of aromatic nitrogens is 2. The lowest BCUT2D eigenvalue weighted by Crippen LogP contribution is -2.00. The second-order valence-electron chi connectivity index (χ2n) is 12.2. The summed E-state index contributed by atoms with van der Waals surface area (Å²) in [6.45, 7) is 0. The first-order valence-corrected chi connectivity index (χ1v) is 15.7. The normalized spacial score (nSPS) is 13.7. The van der Waals surface area contributed by atoms with Gasteiger partial charge in [-0.15, -0.1) is 0 Å². The Kier molecular flexibility index (Phi) is 4.98. The number of hydrogen-bond donors (Lipinski definition) is 1. The van der Waals surface area contributed by atoms with E-state index < -0.39 is 0 Å². The van der Waals surface area contributed by atoms with Gasteiger partial charge < -0.3 is 14.2 Å². The van der Waals surface area contributed by atoms with Crippen molar-refractivity contribution in [1.29, 1.82) is 0 Å². The predicted octanol–water partition coefficient (Wildman–Crippen LogP) is 11.2. The van der Waals surface area contributed by atoms with Crippen LogP contribution in [0.4, 0.5) is 0 Å². The first-order chi connectivity index (χ1) is 22.3. The summed E-state index contributed by atoms with van der Waals surface area (Å²) in [6.07, 6.45) is 8.71. The molecule has 0 amide bonds. The van der Waals surface area contributed by atoms with E-state index in [1.165, 1.54) is 49.0 Å². The molecular formula is C42H28N2O. The van der Waals surface area contributed by atoms with Crippen molar-refractivity contribution in [2.24, 2.45) is 0 Å². The van der Waals surface area contributed by atoms with E-state index in [4.69, 9.17) is 0 Å². The van der Waals surface area contributed by atoms with E-state index in [2.05, 4.69) is 130 Å². The van der Waals surface area contributed by atoms with Crippen LogP contribution in [0.2, 0.25) is 0 Å². The van der Waals surface area contributed by atoms with Gasteiger partial charge in [0.1, 0.15) is 5.75 Å². The molecule has 212 valence electrons. The van der Waals surface area contributed by atoms with E-state index in [1.807, 2.05) is 18.2 Å². The van der Waals surface area contributed by atoms with E-state index in [-0.39, 0.29) is 0 Å². The van der Waals surface area contributed by atoms with Crippen molar-refractivity contribution in [3.05, 3.63) is 140 Å². The molecule has 0 radical (unpaired) electrons. The number of phenols is 1. The summed E-state index contributed by atoms with van der Waals surface area (Å²) >= 11 is 0. The molecule has 2 heterocycles. The number of allylic oxidation sites excluding steroid dienone is 4. The van der Waals surface area contributed by atoms with Gasteiger partial charge in [0.25, 0.3) is 0 Å². The van der Waals surface area contributed by atoms with Gasteiger partial charge in [-0.2, -0.15) is 0 Å². The van der Waals surface area contributed by atoms with Crippen LogP contribution < -0.4 is 0 Å². The zero-order valence-corrected chi connectivity index (χ0v) is 24.5. The Labute approximate surface area is 259 Å². The molecule has 7 aromatic carbocycles. The van der Waals surface area contributed by atoms with Crippen LogP contribution >= 0.6 is 0 Å². The van der Waals surface area contributed by atoms with Crippen LogP contribution in [-0.4, -0.2) is 14.2 Å². The molecule has 0 saturated carbocycles. The molecule has 0 fully saturated rings. The van der Waals surface area contributed by atoms with Crippen LogP contribution in [0.1, 0.15) is 12.8 Å². The maximum Gasteiger partial charge on any atom is 0.148 e. The SMILES string of the molecule is Oc1c(-n2c3ccccc3c3cc4c5c6ccccc6ccc5n(C5=CC=CCC5)c4cc32)c2ccccc2c2ccccc12. The van der Waals surface area contributed by atoms with Gasteiger partial charge in [-0.3, -0.25) is 0 Å². The molecule has 2 aromatic heterocycles. The Hall–Kier alpha value is -5.80. The third-order valence-corrected chi connectivity index (χ3v) is 9.83. The van der Waals surface area contributed by atoms with E-state index in [9.17, 15) is 5.11 Å². The fourth-order valence-electron chi connectivity index (χ4n) is 7.91. The van der Waals surface area contributed by atoms with Crippen molar-refractivity contribution in [2.75, 3.05) is 0 Å². The van der Waals surface area contributed by atoms with Gasteiger partial charge in [-0.1, -0.05) is 109 Å². The molecule has 0 spiro atoms. The average molecular weight is 577 g/mol. The molecule has 0 aliphatic heterocycles. The molecule has 0 bridgehead atoms. The third kappa shape index (κ3) is 3.30. The summed E-state index contributed by atoms with van der Waals surface area (Å²) < 4.78 is 4.77. The van der Waals surface area contributed by atoms with Gasteiger partial charge in [0.2, 0.25) is 0 Å². The van der Waals surface area contributed by atoms with Crippen molar-refractivity contribution in [2.45, 2.75) is 12.8 Å². The third-order valence-electron chi connectivity index (χ3n) is 9.83. The van der Waals surface area contributed by atoms with Crippen molar-refractivity contribution >= 4 is 81.6 Å². The smallest absolute Gasteiger partial charge is 0.148 e. The summed E-state index contributed by atoms with van der Waals surface area (Å²) in [5.74, 6) is 0.304. The molecule has 0 saturated heterocycles. The number of phenolic OH excluding ortho intramolecular Hbond substituents is 1. The molecule has 1 N–H and O–H groups in total. The van der Waals surface area contributed by atoms with Crippen molar-refractivity contribution < 1.29 is 5.11 Å². The minimum Gasteiger partial charge on any atom is -0.505 e. The summed E-state index contributed by atoms with van der Waals surface area (Å²) in [5, 5.41) is 23.6. The summed E-state index contributed by atoms with van der Waals surface area (Å²) in [4.78, 5) is 0. The number of aromatic hydroxyl groups is 1. The molecule has 9 aromatic rings. The average Bonchev–Trinajstić information content (AvgIpc) is 3.60. The summed E-state index contributed by atoms with van der Waals surface area (Å²) in [7, 11) is 0. The maximum absolute atomic E-state index is 12.1. The fourth-order valence-corrected chi connectivity index (χ4v) is 7.91. The monoisotopic (exact) mass is 576 g/mol. The summed E-state index contributed by atoms with van der Waals surface area (Å²) in [6, 6.07) is 43.3. The van der Waals surface area contributed by atoms with Gasteiger partial charge >= 0.3 is 0 Å². The Morgan fingerprint density at radius 2 is 1.16 bits per heavy atom. The Morgan fingerprint density at radius 3 is 1.96 bits per heavy atom. The number of benzene rings is 7. The van der Waals surface area contributed by atoms with E-state index in [1.54, 1.807) is 0 Å². The second-order valence-corrected chi connectivity index (χ2v) is 12.2. The van der Waals surface area contributed by atoms with Gasteiger partial charge in [-0.25, -0.2) is 0 Å². The van der Waals surface area contributed by atoms with Gasteiger partial charge in [-0.05, 0) is 64.7 Å². The number of fused-ring (bicyclic) bond motifs is 11. The Morgan fingerprint density at radius 1 is 0.489 bits per heavy atom. The standard InChI is InChI=1S/C42H28N2O/c45-42-33-20-9-7-17-30(33)29-16-6-8-19-32(29)41(42)44-36-21-11-10-18-31(36)34-24-35-39(25-38(34)44)43(27-13-2-1-3-14-27)37-23-22-26-12-4-5-15-28(26)40(35)37/h1-2,4-13,15-25,45H,3,14H2. The lowest BCUT2D eigenvalue weighted by molar-refractivity contribution is 0.480. The highest BCUT2D eigenvalue weighted by atomic mass is 16.3. The largest absolute Gasteiger partial charge is 0.505 e. The van der Waals surface area contributed by atoms with Crippen molar-refractivity contribution in [1.82, 2.24) is 9.13 Å². The predicted molar refractivity (Wildman–Crippen MR) is 191 cm³/mol. The highest BCUT2D eigenvalue weighted by Gasteiger charge is 2.23. The topological polar surface area (TPSA) is 30.1 Å². The lowest BCUT2D eigenvalue weighted by Gasteiger charge is -2.17. The highest BCUT2D eigenvalue weighted by Crippen LogP contribution is 2.46. The fraction of sp³-hybridized carbons (Fsp3) is 0.0476. The second kappa shape index (κ2) is 9.10. The van der Waals surface area contributed by atoms with Gasteiger partial charge in [0.05, 0.1) is 27.8 Å². The number of para-hydroxylation sites is 1. The van der Waals surface area contributed by atoms with Crippen molar-refractivity contribution in [3.8, 4) is 11.4 Å². The molecular weight excluding hydrogens is 548 g/mol. The van der Waals surface area contributed by atoms with E-state index in [0.29, 0.717) is 5.75 Å². The van der Waals surface area contributed by atoms with Crippen LogP contribution in [-0.2, 0) is 0 Å². The minimum atomic E-state index is 0.304. The first kappa shape index (κ1) is 24.6. The van der Waals surface area contributed by atoms with Crippen LogP contribution in [0.25, 0.3) is 87.3 Å². The lowest BCUT2D eigenvalue weighted by atomic mass is 9.99. The molecule has 10 rings (SSSR count). The Bertz CT molecular complexity index is 2770. The van der Waals surface area contributed by atoms with Crippen LogP contribution in [0.5, 0.6) is 5.75 Å². The van der Waals surface area contributed by atoms with Crippen LogP contribution in [0.3, 0.4) is 0 Å². The van der Waals surface area contributed by atoms with Gasteiger partial charge in [0.15, 0.2) is 0 Å². The van der Waals surface area contributed by atoms with E-state index >= 15 is 0 Å². The zero-order chi connectivity index (χ0) is 29.6. The minimum absolute atomic E-state index is 0.304. The maximum atomic E-state index is 12.1. The van der Waals surface area contributed by atoms with Crippen LogP contribution in [0.15, 0.2) is 140 Å². The molecule has 0 atom stereocenters. The van der Waals surface area contributed by atoms with E-state index in [0.717, 1.165) is 51.1 Å². The van der Waals surface area contributed by atoms with Crippen LogP contribution in [0, 0.1) is 0 Å². The highest BCUT2D eigenvalue weighted by molar-refractivity contribution is 6.26. The van der Waals surface area contributed by atoms with Crippen molar-refractivity contribution in [3.63, 3.8) is 0 Å². The molecule has 45 heavy (non-hydrogen) atoms. The van der Waals surface area contributed by atoms with Gasteiger partial charge in [0, 0.05) is 38.0 Å². The number of nitrogens with zero attached hydrogens (tertiary/aromatic N) is 2. The molecule has 0 unspecified atom stereocenters. The number of hydrogen-bond acceptors (Lipinski definition) is 1. The molecule has 3 nitrogen and oxygen atoms in total. The molecule has 3 heteroatoms. The quantitative estimate of drug-likeness (QED) is 0.204. The molecule has 1 aliphatic rings. The summed E-state index contributed by atoms with van der Waals surface area (Å²) in [5.41, 5.74) is 6.70. The molecule has 1 aliphatic carbocycles. The number of rotatable bonds is 2. The first-order valence-electron chi connectivity index (χ1n) is 15.7. The Balaban J connectivity index is 1.44.